The minimum absolute atomic E-state index is 0.0120. The predicted molar refractivity (Wildman–Crippen MR) is 103 cm³/mol. The number of nitriles is 1. The molecule has 10 heteroatoms. The molecule has 0 fully saturated rings. The van der Waals surface area contributed by atoms with Crippen LogP contribution in [0.2, 0.25) is 0 Å². The highest BCUT2D eigenvalue weighted by Crippen LogP contribution is 2.53. The van der Waals surface area contributed by atoms with Crippen LogP contribution in [0.1, 0.15) is 12.5 Å². The number of esters is 1. The molecule has 1 spiro atoms. The van der Waals surface area contributed by atoms with Crippen LogP contribution in [0.15, 0.2) is 47.1 Å². The van der Waals surface area contributed by atoms with E-state index in [0.29, 0.717) is 11.3 Å². The topological polar surface area (TPSA) is 158 Å². The van der Waals surface area contributed by atoms with Crippen molar-refractivity contribution in [2.24, 2.45) is 11.5 Å². The Kier molecular flexibility index (Phi) is 5.49. The Bertz CT molecular complexity index is 1040. The Labute approximate surface area is 172 Å². The minimum Gasteiger partial charge on any atom is -0.460 e. The lowest BCUT2D eigenvalue weighted by Crippen LogP contribution is -2.50. The molecule has 10 nitrogen and oxygen atoms in total. The van der Waals surface area contributed by atoms with Crippen LogP contribution in [0.5, 0.6) is 0 Å². The molecule has 4 N–H and O–H groups in total. The van der Waals surface area contributed by atoms with Gasteiger partial charge in [-0.05, 0) is 13.0 Å². The van der Waals surface area contributed by atoms with Gasteiger partial charge in [-0.25, -0.2) is 4.79 Å². The molecule has 0 saturated heterocycles. The molecule has 0 aromatic heterocycles. The maximum atomic E-state index is 13.7. The number of benzene rings is 1. The van der Waals surface area contributed by atoms with Crippen molar-refractivity contribution < 1.29 is 28.6 Å². The summed E-state index contributed by atoms with van der Waals surface area (Å²) in [6.07, 6.45) is 0. The van der Waals surface area contributed by atoms with Crippen LogP contribution >= 0.6 is 0 Å². The van der Waals surface area contributed by atoms with E-state index >= 15 is 0 Å². The number of fused-ring (bicyclic) bond motifs is 2. The second kappa shape index (κ2) is 7.88. The average Bonchev–Trinajstić information content (AvgIpc) is 2.92. The Balaban J connectivity index is 2.29. The lowest BCUT2D eigenvalue weighted by molar-refractivity contribution is -0.142. The molecule has 0 radical (unpaired) electrons. The molecule has 2 aliphatic rings. The van der Waals surface area contributed by atoms with Crippen LogP contribution in [-0.4, -0.2) is 44.7 Å². The molecular formula is C20H20N4O6. The summed E-state index contributed by atoms with van der Waals surface area (Å²) in [5.74, 6) is -2.65. The van der Waals surface area contributed by atoms with Crippen molar-refractivity contribution in [1.29, 1.82) is 5.26 Å². The molecule has 2 aliphatic heterocycles. The fourth-order valence-electron chi connectivity index (χ4n) is 3.82. The summed E-state index contributed by atoms with van der Waals surface area (Å²) in [7, 11) is 1.44. The van der Waals surface area contributed by atoms with E-state index in [1.807, 2.05) is 6.07 Å². The molecule has 0 aliphatic carbocycles. The lowest BCUT2D eigenvalue weighted by atomic mass is 9.68. The highest BCUT2D eigenvalue weighted by molar-refractivity contribution is 6.19. The van der Waals surface area contributed by atoms with E-state index in [1.54, 1.807) is 24.3 Å². The number of anilines is 1. The molecule has 2 heterocycles. The van der Waals surface area contributed by atoms with Crippen molar-refractivity contribution in [3.8, 4) is 6.07 Å². The number of primary amides is 1. The van der Waals surface area contributed by atoms with Crippen molar-refractivity contribution in [2.75, 3.05) is 31.8 Å². The number of carbonyl (C=O) groups excluding carboxylic acids is 3. The third-order valence-corrected chi connectivity index (χ3v) is 4.93. The standard InChI is InChI=1S/C20H20N4O6/c1-11-16(18(26)29-8-7-28-2)20(13(9-21)17(23)30-11)12-5-3-4-6-14(12)24(19(20)27)10-15(22)25/h3-6H,7-8,10,23H2,1-2H3,(H2,22,25)/t20-/m0/s1. The summed E-state index contributed by atoms with van der Waals surface area (Å²) in [5.41, 5.74) is 9.54. The number of nitrogens with zero attached hydrogens (tertiary/aromatic N) is 2. The van der Waals surface area contributed by atoms with E-state index in [-0.39, 0.29) is 36.0 Å². The molecule has 0 unspecified atom stereocenters. The summed E-state index contributed by atoms with van der Waals surface area (Å²) in [5, 5.41) is 9.87. The van der Waals surface area contributed by atoms with Crippen molar-refractivity contribution in [3.05, 3.63) is 52.6 Å². The molecule has 1 aromatic carbocycles. The molecule has 156 valence electrons. The Morgan fingerprint density at radius 3 is 2.63 bits per heavy atom. The van der Waals surface area contributed by atoms with Gasteiger partial charge in [-0.1, -0.05) is 18.2 Å². The normalized spacial score (nSPS) is 20.2. The van der Waals surface area contributed by atoms with Crippen LogP contribution < -0.4 is 16.4 Å². The number of para-hydroxylation sites is 1. The first kappa shape index (κ1) is 20.9. The number of rotatable bonds is 6. The SMILES string of the molecule is COCCOC(=O)C1=C(C)OC(N)=C(C#N)[C@]12C(=O)N(CC(N)=O)c1ccccc12. The maximum Gasteiger partial charge on any atom is 0.339 e. The van der Waals surface area contributed by atoms with Crippen LogP contribution in [-0.2, 0) is 34.0 Å². The van der Waals surface area contributed by atoms with Crippen LogP contribution in [0.4, 0.5) is 5.69 Å². The van der Waals surface area contributed by atoms with E-state index in [9.17, 15) is 19.6 Å². The van der Waals surface area contributed by atoms with E-state index in [0.717, 1.165) is 4.90 Å². The molecule has 0 bridgehead atoms. The van der Waals surface area contributed by atoms with Gasteiger partial charge >= 0.3 is 5.97 Å². The lowest BCUT2D eigenvalue weighted by Gasteiger charge is -2.34. The monoisotopic (exact) mass is 412 g/mol. The molecule has 1 atom stereocenters. The van der Waals surface area contributed by atoms with E-state index < -0.39 is 29.7 Å². The Hall–Kier alpha value is -3.84. The first-order valence-electron chi connectivity index (χ1n) is 8.96. The average molecular weight is 412 g/mol. The maximum absolute atomic E-state index is 13.7. The van der Waals surface area contributed by atoms with E-state index in [4.69, 9.17) is 25.7 Å². The molecule has 3 rings (SSSR count). The van der Waals surface area contributed by atoms with Gasteiger partial charge in [0.15, 0.2) is 5.41 Å². The van der Waals surface area contributed by atoms with E-state index in [2.05, 4.69) is 0 Å². The van der Waals surface area contributed by atoms with Crippen molar-refractivity contribution >= 4 is 23.5 Å². The number of carbonyl (C=O) groups is 3. The van der Waals surface area contributed by atoms with Crippen molar-refractivity contribution in [3.63, 3.8) is 0 Å². The number of methoxy groups -OCH3 is 1. The van der Waals surface area contributed by atoms with Crippen LogP contribution in [0.3, 0.4) is 0 Å². The zero-order valence-corrected chi connectivity index (χ0v) is 16.4. The summed E-state index contributed by atoms with van der Waals surface area (Å²) < 4.78 is 15.6. The summed E-state index contributed by atoms with van der Waals surface area (Å²) in [6.45, 7) is 1.06. The van der Waals surface area contributed by atoms with Crippen molar-refractivity contribution in [2.45, 2.75) is 12.3 Å². The Morgan fingerprint density at radius 2 is 2.00 bits per heavy atom. The molecule has 30 heavy (non-hydrogen) atoms. The van der Waals surface area contributed by atoms with Gasteiger partial charge in [-0.2, -0.15) is 5.26 Å². The Morgan fingerprint density at radius 1 is 1.30 bits per heavy atom. The summed E-state index contributed by atoms with van der Waals surface area (Å²) in [4.78, 5) is 39.5. The minimum atomic E-state index is -1.92. The number of hydrogen-bond donors (Lipinski definition) is 2. The molecule has 2 amide bonds. The number of amides is 2. The fourth-order valence-corrected chi connectivity index (χ4v) is 3.82. The number of allylic oxidation sites excluding steroid dienone is 1. The largest absolute Gasteiger partial charge is 0.460 e. The summed E-state index contributed by atoms with van der Waals surface area (Å²) >= 11 is 0. The third kappa shape index (κ3) is 2.96. The highest BCUT2D eigenvalue weighted by atomic mass is 16.6. The number of hydrogen-bond acceptors (Lipinski definition) is 8. The van der Waals surface area contributed by atoms with Crippen LogP contribution in [0, 0.1) is 11.3 Å². The van der Waals surface area contributed by atoms with Gasteiger partial charge in [-0.15, -0.1) is 0 Å². The zero-order chi connectivity index (χ0) is 22.1. The molecular weight excluding hydrogens is 392 g/mol. The fraction of sp³-hybridized carbons (Fsp3) is 0.300. The predicted octanol–water partition coefficient (Wildman–Crippen LogP) is -0.0560. The van der Waals surface area contributed by atoms with Gasteiger partial charge in [0.1, 0.15) is 36.1 Å². The van der Waals surface area contributed by atoms with E-state index in [1.165, 1.54) is 14.0 Å². The first-order chi connectivity index (χ1) is 14.3. The number of nitrogens with two attached hydrogens (primary N) is 2. The molecule has 1 aromatic rings. The van der Waals surface area contributed by atoms with Crippen molar-refractivity contribution in [1.82, 2.24) is 0 Å². The zero-order valence-electron chi connectivity index (χ0n) is 16.4. The highest BCUT2D eigenvalue weighted by Gasteiger charge is 2.62. The van der Waals surface area contributed by atoms with Gasteiger partial charge in [0.25, 0.3) is 0 Å². The second-order valence-electron chi connectivity index (χ2n) is 6.64. The summed E-state index contributed by atoms with van der Waals surface area (Å²) in [6, 6.07) is 8.38. The first-order valence-corrected chi connectivity index (χ1v) is 8.96. The number of ether oxygens (including phenoxy) is 3. The second-order valence-corrected chi connectivity index (χ2v) is 6.64. The van der Waals surface area contributed by atoms with Gasteiger partial charge in [0.2, 0.25) is 17.7 Å². The van der Waals surface area contributed by atoms with Gasteiger partial charge in [0.05, 0.1) is 6.61 Å². The van der Waals surface area contributed by atoms with Gasteiger partial charge < -0.3 is 30.6 Å². The smallest absolute Gasteiger partial charge is 0.339 e. The van der Waals surface area contributed by atoms with Gasteiger partial charge in [0, 0.05) is 18.4 Å². The quantitative estimate of drug-likeness (QED) is 0.486. The van der Waals surface area contributed by atoms with Crippen LogP contribution in [0.25, 0.3) is 0 Å². The molecule has 0 saturated carbocycles. The van der Waals surface area contributed by atoms with Gasteiger partial charge in [-0.3, -0.25) is 9.59 Å². The third-order valence-electron chi connectivity index (χ3n) is 4.93.